The number of nitrogens with zero attached hydrogens (tertiary/aromatic N) is 5. The van der Waals surface area contributed by atoms with Crippen molar-refractivity contribution in [1.82, 2.24) is 29.8 Å². The van der Waals surface area contributed by atoms with Gasteiger partial charge in [-0.05, 0) is 19.1 Å². The summed E-state index contributed by atoms with van der Waals surface area (Å²) in [6.45, 7) is 6.70. The Morgan fingerprint density at radius 3 is 2.88 bits per heavy atom. The number of aryl methyl sites for hydroxylation is 1. The Morgan fingerprint density at radius 2 is 2.04 bits per heavy atom. The van der Waals surface area contributed by atoms with E-state index >= 15 is 0 Å². The molecular weight excluding hydrogens is 304 g/mol. The minimum atomic E-state index is 0.666. The van der Waals surface area contributed by atoms with Gasteiger partial charge in [0.1, 0.15) is 5.52 Å². The number of aromatic amines is 1. The molecule has 0 saturated carbocycles. The fourth-order valence-corrected chi connectivity index (χ4v) is 2.95. The Labute approximate surface area is 140 Å². The van der Waals surface area contributed by atoms with E-state index in [9.17, 15) is 0 Å². The SMILES string of the molecule is Cc1nc(CCN2CCOCC2)ccc1-c1ncc2[nH]cnc2n1. The van der Waals surface area contributed by atoms with E-state index in [4.69, 9.17) is 9.72 Å². The van der Waals surface area contributed by atoms with Crippen LogP contribution in [0.1, 0.15) is 11.4 Å². The lowest BCUT2D eigenvalue weighted by molar-refractivity contribution is 0.0383. The summed E-state index contributed by atoms with van der Waals surface area (Å²) in [4.78, 5) is 23.3. The van der Waals surface area contributed by atoms with Crippen LogP contribution in [0.2, 0.25) is 0 Å². The fourth-order valence-electron chi connectivity index (χ4n) is 2.95. The summed E-state index contributed by atoms with van der Waals surface area (Å²) in [6, 6.07) is 4.13. The Morgan fingerprint density at radius 1 is 1.17 bits per heavy atom. The first-order chi connectivity index (χ1) is 11.8. The van der Waals surface area contributed by atoms with Gasteiger partial charge in [0.2, 0.25) is 0 Å². The summed E-state index contributed by atoms with van der Waals surface area (Å²) < 4.78 is 5.38. The summed E-state index contributed by atoms with van der Waals surface area (Å²) in [5, 5.41) is 0. The average Bonchev–Trinajstić information content (AvgIpc) is 3.08. The normalized spacial score (nSPS) is 15.9. The molecule has 1 aliphatic rings. The predicted octanol–water partition coefficient (Wildman–Crippen LogP) is 1.60. The van der Waals surface area contributed by atoms with Gasteiger partial charge in [-0.15, -0.1) is 0 Å². The molecule has 0 amide bonds. The van der Waals surface area contributed by atoms with Gasteiger partial charge >= 0.3 is 0 Å². The molecule has 4 rings (SSSR count). The molecule has 4 heterocycles. The third-order valence-corrected chi connectivity index (χ3v) is 4.35. The molecule has 0 aliphatic carbocycles. The first kappa shape index (κ1) is 15.2. The van der Waals surface area contributed by atoms with E-state index < -0.39 is 0 Å². The lowest BCUT2D eigenvalue weighted by Gasteiger charge is -2.26. The van der Waals surface area contributed by atoms with Crippen LogP contribution in [0.25, 0.3) is 22.6 Å². The number of hydrogen-bond acceptors (Lipinski definition) is 6. The van der Waals surface area contributed by atoms with E-state index in [2.05, 4.69) is 37.0 Å². The maximum atomic E-state index is 5.38. The molecule has 0 atom stereocenters. The molecule has 0 bridgehead atoms. The van der Waals surface area contributed by atoms with E-state index in [-0.39, 0.29) is 0 Å². The van der Waals surface area contributed by atoms with Crippen molar-refractivity contribution in [3.05, 3.63) is 36.0 Å². The number of aromatic nitrogens is 5. The van der Waals surface area contributed by atoms with E-state index in [1.807, 2.05) is 6.92 Å². The number of imidazole rings is 1. The molecule has 7 heteroatoms. The number of fused-ring (bicyclic) bond motifs is 1. The van der Waals surface area contributed by atoms with Crippen LogP contribution in [0, 0.1) is 6.92 Å². The predicted molar refractivity (Wildman–Crippen MR) is 90.6 cm³/mol. The van der Waals surface area contributed by atoms with Crippen LogP contribution in [-0.4, -0.2) is 62.7 Å². The number of nitrogens with one attached hydrogen (secondary N) is 1. The molecule has 24 heavy (non-hydrogen) atoms. The van der Waals surface area contributed by atoms with Crippen LogP contribution in [0.5, 0.6) is 0 Å². The quantitative estimate of drug-likeness (QED) is 0.785. The molecule has 0 unspecified atom stereocenters. The summed E-state index contributed by atoms with van der Waals surface area (Å²) in [6.07, 6.45) is 4.33. The van der Waals surface area contributed by atoms with Crippen LogP contribution in [-0.2, 0) is 11.2 Å². The number of ether oxygens (including phenoxy) is 1. The summed E-state index contributed by atoms with van der Waals surface area (Å²) in [5.74, 6) is 0.666. The highest BCUT2D eigenvalue weighted by molar-refractivity contribution is 5.72. The molecular formula is C17H20N6O. The standard InChI is InChI=1S/C17H20N6O/c1-12-14(16-18-10-15-17(22-16)20-11-19-15)3-2-13(21-12)4-5-23-6-8-24-9-7-23/h2-3,10-11H,4-9H2,1H3,(H,18,19,20,22). The van der Waals surface area contributed by atoms with Gasteiger partial charge in [-0.3, -0.25) is 9.88 Å². The first-order valence-corrected chi connectivity index (χ1v) is 8.23. The van der Waals surface area contributed by atoms with Crippen LogP contribution in [0.15, 0.2) is 24.7 Å². The van der Waals surface area contributed by atoms with Gasteiger partial charge in [0.25, 0.3) is 0 Å². The van der Waals surface area contributed by atoms with Crippen molar-refractivity contribution in [2.75, 3.05) is 32.8 Å². The molecule has 124 valence electrons. The third-order valence-electron chi connectivity index (χ3n) is 4.35. The topological polar surface area (TPSA) is 79.8 Å². The zero-order chi connectivity index (χ0) is 16.4. The number of morpholine rings is 1. The molecule has 3 aromatic rings. The molecule has 0 radical (unpaired) electrons. The van der Waals surface area contributed by atoms with Gasteiger partial charge < -0.3 is 9.72 Å². The monoisotopic (exact) mass is 324 g/mol. The molecule has 1 saturated heterocycles. The highest BCUT2D eigenvalue weighted by Gasteiger charge is 2.12. The summed E-state index contributed by atoms with van der Waals surface area (Å²) in [7, 11) is 0. The number of pyridine rings is 1. The van der Waals surface area contributed by atoms with E-state index in [1.165, 1.54) is 0 Å². The minimum absolute atomic E-state index is 0.666. The second kappa shape index (κ2) is 6.62. The van der Waals surface area contributed by atoms with E-state index in [0.717, 1.165) is 61.7 Å². The van der Waals surface area contributed by atoms with Crippen molar-refractivity contribution in [3.8, 4) is 11.4 Å². The smallest absolute Gasteiger partial charge is 0.181 e. The molecule has 1 aliphatic heterocycles. The van der Waals surface area contributed by atoms with Gasteiger partial charge in [0.05, 0.1) is 25.7 Å². The lowest BCUT2D eigenvalue weighted by Crippen LogP contribution is -2.37. The molecule has 0 aromatic carbocycles. The van der Waals surface area contributed by atoms with Gasteiger partial charge in [-0.2, -0.15) is 0 Å². The molecule has 1 fully saturated rings. The van der Waals surface area contributed by atoms with Crippen LogP contribution < -0.4 is 0 Å². The fraction of sp³-hybridized carbons (Fsp3) is 0.412. The van der Waals surface area contributed by atoms with Crippen LogP contribution in [0.3, 0.4) is 0 Å². The van der Waals surface area contributed by atoms with Crippen LogP contribution in [0.4, 0.5) is 0 Å². The van der Waals surface area contributed by atoms with Crippen molar-refractivity contribution < 1.29 is 4.74 Å². The van der Waals surface area contributed by atoms with Crippen molar-refractivity contribution >= 4 is 11.2 Å². The average molecular weight is 324 g/mol. The van der Waals surface area contributed by atoms with Crippen molar-refractivity contribution in [2.24, 2.45) is 0 Å². The van der Waals surface area contributed by atoms with Gasteiger partial charge in [0, 0.05) is 43.0 Å². The zero-order valence-electron chi connectivity index (χ0n) is 13.7. The highest BCUT2D eigenvalue weighted by atomic mass is 16.5. The Balaban J connectivity index is 1.50. The maximum absolute atomic E-state index is 5.38. The molecule has 0 spiro atoms. The van der Waals surface area contributed by atoms with E-state index in [1.54, 1.807) is 12.5 Å². The molecule has 1 N–H and O–H groups in total. The Kier molecular flexibility index (Phi) is 4.18. The first-order valence-electron chi connectivity index (χ1n) is 8.23. The number of hydrogen-bond donors (Lipinski definition) is 1. The summed E-state index contributed by atoms with van der Waals surface area (Å²) in [5.41, 5.74) is 4.52. The van der Waals surface area contributed by atoms with Gasteiger partial charge in [-0.25, -0.2) is 15.0 Å². The molecule has 7 nitrogen and oxygen atoms in total. The third kappa shape index (κ3) is 3.13. The maximum Gasteiger partial charge on any atom is 0.181 e. The second-order valence-corrected chi connectivity index (χ2v) is 5.97. The number of rotatable bonds is 4. The zero-order valence-corrected chi connectivity index (χ0v) is 13.7. The van der Waals surface area contributed by atoms with Crippen molar-refractivity contribution in [3.63, 3.8) is 0 Å². The lowest BCUT2D eigenvalue weighted by atomic mass is 10.1. The second-order valence-electron chi connectivity index (χ2n) is 5.97. The Hall–Kier alpha value is -2.38. The highest BCUT2D eigenvalue weighted by Crippen LogP contribution is 2.20. The summed E-state index contributed by atoms with van der Waals surface area (Å²) >= 11 is 0. The van der Waals surface area contributed by atoms with Gasteiger partial charge in [0.15, 0.2) is 11.5 Å². The molecule has 3 aromatic heterocycles. The van der Waals surface area contributed by atoms with Gasteiger partial charge in [-0.1, -0.05) is 0 Å². The van der Waals surface area contributed by atoms with E-state index in [0.29, 0.717) is 11.5 Å². The van der Waals surface area contributed by atoms with Crippen molar-refractivity contribution in [1.29, 1.82) is 0 Å². The minimum Gasteiger partial charge on any atom is -0.379 e. The Bertz CT molecular complexity index is 840. The van der Waals surface area contributed by atoms with Crippen molar-refractivity contribution in [2.45, 2.75) is 13.3 Å². The largest absolute Gasteiger partial charge is 0.379 e. The number of H-pyrrole nitrogens is 1. The van der Waals surface area contributed by atoms with Crippen LogP contribution >= 0.6 is 0 Å².